The second kappa shape index (κ2) is 7.63. The summed E-state index contributed by atoms with van der Waals surface area (Å²) in [5.41, 5.74) is 4.31. The van der Waals surface area contributed by atoms with Crippen molar-refractivity contribution in [3.63, 3.8) is 0 Å². The standard InChI is InChI=1S/C24H37BOP/c1-22(2,3)17-15-19(23(4,5)6)21(20(16-17)24(7,8)9)26-27(25)18-13-11-10-12-14-18/h10-16H,1-9,25H3/q-1. The number of benzene rings is 2. The van der Waals surface area contributed by atoms with Crippen LogP contribution in [0.4, 0.5) is 0 Å². The summed E-state index contributed by atoms with van der Waals surface area (Å²) in [7, 11) is -0.411. The van der Waals surface area contributed by atoms with E-state index in [1.54, 1.807) is 0 Å². The van der Waals surface area contributed by atoms with Crippen LogP contribution in [0.25, 0.3) is 0 Å². The molecule has 3 heteroatoms. The van der Waals surface area contributed by atoms with Crippen LogP contribution in [-0.4, -0.2) is 7.57 Å². The van der Waals surface area contributed by atoms with Gasteiger partial charge in [-0.1, -0.05) is 113 Å². The van der Waals surface area contributed by atoms with Gasteiger partial charge in [0, 0.05) is 18.7 Å². The molecule has 1 unspecified atom stereocenters. The van der Waals surface area contributed by atoms with Crippen LogP contribution < -0.4 is 9.83 Å². The predicted octanol–water partition coefficient (Wildman–Crippen LogP) is 5.96. The highest BCUT2D eigenvalue weighted by molar-refractivity contribution is 7.84. The highest BCUT2D eigenvalue weighted by atomic mass is 31.1. The summed E-state index contributed by atoms with van der Waals surface area (Å²) in [6, 6.07) is 15.6. The molecule has 0 saturated heterocycles. The highest BCUT2D eigenvalue weighted by Gasteiger charge is 2.30. The Balaban J connectivity index is 2.69. The zero-order valence-corrected chi connectivity index (χ0v) is 18.8. The van der Waals surface area contributed by atoms with Crippen molar-refractivity contribution in [3.05, 3.63) is 59.2 Å². The number of hydrogen-bond donors (Lipinski definition) is 0. The van der Waals surface area contributed by atoms with E-state index in [1.165, 1.54) is 22.0 Å². The summed E-state index contributed by atoms with van der Waals surface area (Å²) in [6.45, 7) is 20.7. The molecule has 0 aromatic heterocycles. The number of hydrogen-bond acceptors (Lipinski definition) is 1. The smallest absolute Gasteiger partial charge is 0.126 e. The Kier molecular flexibility index (Phi) is 6.23. The van der Waals surface area contributed by atoms with Gasteiger partial charge in [-0.15, -0.1) is 0 Å². The van der Waals surface area contributed by atoms with E-state index >= 15 is 0 Å². The molecule has 2 rings (SSSR count). The first-order valence-corrected chi connectivity index (χ1v) is 10.2. The first kappa shape index (κ1) is 22.0. The molecular weight excluding hydrogens is 346 g/mol. The lowest BCUT2D eigenvalue weighted by Gasteiger charge is -2.35. The van der Waals surface area contributed by atoms with Gasteiger partial charge >= 0.3 is 0 Å². The molecule has 0 aliphatic rings. The van der Waals surface area contributed by atoms with Gasteiger partial charge in [0.15, 0.2) is 0 Å². The summed E-state index contributed by atoms with van der Waals surface area (Å²) in [5.74, 6) is 1.15. The molecule has 2 aromatic rings. The monoisotopic (exact) mass is 383 g/mol. The second-order valence-corrected chi connectivity index (χ2v) is 11.1. The highest BCUT2D eigenvalue weighted by Crippen LogP contribution is 2.46. The second-order valence-electron chi connectivity index (χ2n) is 10.2. The summed E-state index contributed by atoms with van der Waals surface area (Å²) in [4.78, 5) is 0. The van der Waals surface area contributed by atoms with E-state index in [1.807, 2.05) is 0 Å². The van der Waals surface area contributed by atoms with Gasteiger partial charge in [0.25, 0.3) is 0 Å². The molecule has 0 bridgehead atoms. The normalized spacial score (nSPS) is 14.1. The maximum absolute atomic E-state index is 6.86. The topological polar surface area (TPSA) is 9.23 Å². The fourth-order valence-corrected chi connectivity index (χ4v) is 3.55. The largest absolute Gasteiger partial charge is 0.510 e. The third-order valence-corrected chi connectivity index (χ3v) is 5.35. The van der Waals surface area contributed by atoms with Crippen LogP contribution in [0.1, 0.15) is 79.0 Å². The summed E-state index contributed by atoms with van der Waals surface area (Å²) >= 11 is 0. The molecule has 0 fully saturated rings. The van der Waals surface area contributed by atoms with Crippen molar-refractivity contribution in [2.24, 2.45) is 0 Å². The van der Waals surface area contributed by atoms with Gasteiger partial charge in [0.05, 0.1) is 0 Å². The quantitative estimate of drug-likeness (QED) is 0.469. The zero-order valence-electron chi connectivity index (χ0n) is 17.9. The molecule has 2 aromatic carbocycles. The molecule has 1 nitrogen and oxygen atoms in total. The van der Waals surface area contributed by atoms with Crippen molar-refractivity contribution in [3.8, 4) is 5.75 Å². The average molecular weight is 383 g/mol. The van der Waals surface area contributed by atoms with Crippen LogP contribution in [0, 0.1) is 0 Å². The van der Waals surface area contributed by atoms with Gasteiger partial charge in [-0.25, -0.2) is 0 Å². The van der Waals surface area contributed by atoms with E-state index in [-0.39, 0.29) is 23.8 Å². The van der Waals surface area contributed by atoms with E-state index in [0.29, 0.717) is 0 Å². The molecule has 0 aliphatic heterocycles. The third kappa shape index (κ3) is 5.38. The van der Waals surface area contributed by atoms with Crippen molar-refractivity contribution in [2.45, 2.75) is 78.6 Å². The molecule has 1 atom stereocenters. The first-order valence-electron chi connectivity index (χ1n) is 9.43. The van der Waals surface area contributed by atoms with E-state index in [9.17, 15) is 0 Å². The van der Waals surface area contributed by atoms with E-state index in [0.717, 1.165) is 5.75 Å². The first-order chi connectivity index (χ1) is 12.2. The Hall–Kier alpha value is -1.27. The fourth-order valence-electron chi connectivity index (χ4n) is 2.86. The molecule has 0 N–H and O–H groups in total. The Morgan fingerprint density at radius 3 is 1.52 bits per heavy atom. The molecule has 0 radical (unpaired) electrons. The Labute approximate surface area is 169 Å². The van der Waals surface area contributed by atoms with Crippen molar-refractivity contribution < 1.29 is 4.52 Å². The number of rotatable bonds is 3. The Morgan fingerprint density at radius 1 is 0.704 bits per heavy atom. The van der Waals surface area contributed by atoms with E-state index in [4.69, 9.17) is 4.52 Å². The molecule has 0 amide bonds. The fraction of sp³-hybridized carbons (Fsp3) is 0.500. The predicted molar refractivity (Wildman–Crippen MR) is 126 cm³/mol. The molecule has 0 saturated carbocycles. The van der Waals surface area contributed by atoms with Crippen molar-refractivity contribution in [1.82, 2.24) is 0 Å². The maximum Gasteiger partial charge on any atom is 0.126 e. The van der Waals surface area contributed by atoms with Crippen LogP contribution in [0.15, 0.2) is 42.5 Å². The van der Waals surface area contributed by atoms with Crippen LogP contribution in [-0.2, 0) is 16.2 Å². The summed E-state index contributed by atoms with van der Waals surface area (Å²) in [5, 5.41) is 1.38. The molecule has 0 aliphatic carbocycles. The molecule has 0 spiro atoms. The van der Waals surface area contributed by atoms with Gasteiger partial charge in [0.2, 0.25) is 0 Å². The summed E-state index contributed by atoms with van der Waals surface area (Å²) < 4.78 is 6.86. The lowest BCUT2D eigenvalue weighted by molar-refractivity contribution is 0.498. The molecule has 148 valence electrons. The lowest BCUT2D eigenvalue weighted by Crippen LogP contribution is -2.23. The van der Waals surface area contributed by atoms with Crippen LogP contribution in [0.2, 0.25) is 0 Å². The Bertz CT molecular complexity index is 742. The molecule has 27 heavy (non-hydrogen) atoms. The van der Waals surface area contributed by atoms with Crippen LogP contribution >= 0.6 is 8.03 Å². The molecule has 0 heterocycles. The third-order valence-electron chi connectivity index (χ3n) is 4.57. The summed E-state index contributed by atoms with van der Waals surface area (Å²) in [6.07, 6.45) is 0. The van der Waals surface area contributed by atoms with Gasteiger partial charge in [-0.3, -0.25) is 0 Å². The zero-order chi connectivity index (χ0) is 20.6. The average Bonchev–Trinajstić information content (AvgIpc) is 2.52. The lowest BCUT2D eigenvalue weighted by atomic mass is 9.75. The minimum Gasteiger partial charge on any atom is -0.510 e. The Morgan fingerprint density at radius 2 is 1.15 bits per heavy atom. The minimum absolute atomic E-state index is 0.0451. The van der Waals surface area contributed by atoms with Crippen LogP contribution in [0.3, 0.4) is 0 Å². The van der Waals surface area contributed by atoms with Crippen molar-refractivity contribution in [1.29, 1.82) is 0 Å². The van der Waals surface area contributed by atoms with Crippen molar-refractivity contribution in [2.75, 3.05) is 0 Å². The van der Waals surface area contributed by atoms with Crippen LogP contribution in [0.5, 0.6) is 5.75 Å². The minimum atomic E-state index is -0.466. The van der Waals surface area contributed by atoms with E-state index in [2.05, 4.69) is 105 Å². The van der Waals surface area contributed by atoms with Gasteiger partial charge < -0.3 is 4.52 Å². The van der Waals surface area contributed by atoms with Crippen molar-refractivity contribution >= 4 is 20.9 Å². The van der Waals surface area contributed by atoms with E-state index < -0.39 is 8.03 Å². The van der Waals surface area contributed by atoms with Gasteiger partial charge in [-0.05, 0) is 27.1 Å². The molecular formula is C24H37BOP-. The van der Waals surface area contributed by atoms with Gasteiger partial charge in [0.1, 0.15) is 5.75 Å². The SMILES string of the molecule is [BH3-]P(Oc1c(C(C)(C)C)cc(C(C)(C)C)cc1C(C)(C)C)c1ccccc1. The maximum atomic E-state index is 6.86. The van der Waals surface area contributed by atoms with Gasteiger partial charge in [-0.2, -0.15) is 0 Å².